The van der Waals surface area contributed by atoms with Crippen molar-refractivity contribution in [3.8, 4) is 0 Å². The van der Waals surface area contributed by atoms with Crippen LogP contribution in [0.25, 0.3) is 0 Å². The van der Waals surface area contributed by atoms with Gasteiger partial charge in [-0.1, -0.05) is 0 Å². The van der Waals surface area contributed by atoms with Gasteiger partial charge in [0.05, 0.1) is 0 Å². The fourth-order valence-electron chi connectivity index (χ4n) is 0.149. The first-order valence-corrected chi connectivity index (χ1v) is 2.80. The predicted molar refractivity (Wildman–Crippen MR) is 28.3 cm³/mol. The minimum Gasteiger partial charge on any atom is -0.230 e. The van der Waals surface area contributed by atoms with E-state index in [1.54, 1.807) is 5.06 Å². The lowest BCUT2D eigenvalue weighted by Crippen LogP contribution is -2.05. The van der Waals surface area contributed by atoms with Crippen LogP contribution in [0.2, 0.25) is 0 Å². The number of hydrogen-bond donors (Lipinski definition) is 0. The van der Waals surface area contributed by atoms with Crippen LogP contribution in [0.3, 0.4) is 0 Å². The maximum Gasteiger partial charge on any atom is 0.0135 e. The molecule has 2 nitrogen and oxygen atoms in total. The van der Waals surface area contributed by atoms with E-state index in [9.17, 15) is 0 Å². The van der Waals surface area contributed by atoms with E-state index in [0.717, 1.165) is 0 Å². The molecule has 0 fully saturated rings. The van der Waals surface area contributed by atoms with E-state index in [4.69, 9.17) is 4.28 Å². The van der Waals surface area contributed by atoms with Crippen LogP contribution in [0, 0.1) is 0 Å². The summed E-state index contributed by atoms with van der Waals surface area (Å²) in [7, 11) is 3.69. The van der Waals surface area contributed by atoms with Gasteiger partial charge < -0.3 is 0 Å². The molecule has 3 heteroatoms. The molecule has 0 aliphatic carbocycles. The van der Waals surface area contributed by atoms with Gasteiger partial charge in [-0.2, -0.15) is 5.06 Å². The minimum atomic E-state index is 1.34. The van der Waals surface area contributed by atoms with E-state index < -0.39 is 0 Å². The zero-order chi connectivity index (χ0) is 4.99. The second kappa shape index (κ2) is 3.46. The third kappa shape index (κ3) is 4.27. The summed E-state index contributed by atoms with van der Waals surface area (Å²) in [5.41, 5.74) is 0. The van der Waals surface area contributed by atoms with Crippen molar-refractivity contribution in [2.45, 2.75) is 0 Å². The SMILES string of the molecule is CSON(C)C. The molecule has 0 saturated carbocycles. The molecule has 0 unspecified atom stereocenters. The van der Waals surface area contributed by atoms with Crippen molar-refractivity contribution >= 4 is 12.0 Å². The molecule has 6 heavy (non-hydrogen) atoms. The Bertz CT molecular complexity index is 32.0. The summed E-state index contributed by atoms with van der Waals surface area (Å²) in [5, 5.41) is 1.64. The highest BCUT2D eigenvalue weighted by atomic mass is 32.2. The van der Waals surface area contributed by atoms with Crippen LogP contribution in [-0.2, 0) is 4.28 Å². The molecule has 0 aliphatic rings. The van der Waals surface area contributed by atoms with Gasteiger partial charge in [-0.25, -0.2) is 4.28 Å². The van der Waals surface area contributed by atoms with Gasteiger partial charge in [0.15, 0.2) is 0 Å². The highest BCUT2D eigenvalue weighted by molar-refractivity contribution is 7.93. The van der Waals surface area contributed by atoms with Gasteiger partial charge in [0.1, 0.15) is 0 Å². The highest BCUT2D eigenvalue weighted by Crippen LogP contribution is 1.93. The zero-order valence-electron chi connectivity index (χ0n) is 4.26. The normalized spacial score (nSPS) is 10.0. The lowest BCUT2D eigenvalue weighted by molar-refractivity contribution is 0.0239. The van der Waals surface area contributed by atoms with E-state index >= 15 is 0 Å². The van der Waals surface area contributed by atoms with Crippen LogP contribution < -0.4 is 0 Å². The Hall–Kier alpha value is 0.270. The Balaban J connectivity index is 2.63. The van der Waals surface area contributed by atoms with Crippen molar-refractivity contribution in [3.63, 3.8) is 0 Å². The molecule has 0 N–H and O–H groups in total. The molecule has 0 aromatic carbocycles. The van der Waals surface area contributed by atoms with Crippen LogP contribution in [-0.4, -0.2) is 25.4 Å². The average Bonchev–Trinajstić information content (AvgIpc) is 1.35. The molecular formula is C3H9NOS. The largest absolute Gasteiger partial charge is 0.230 e. The summed E-state index contributed by atoms with van der Waals surface area (Å²) in [6.45, 7) is 0. The summed E-state index contributed by atoms with van der Waals surface area (Å²) < 4.78 is 4.79. The van der Waals surface area contributed by atoms with Crippen LogP contribution in [0.1, 0.15) is 0 Å². The molecule has 0 aromatic heterocycles. The van der Waals surface area contributed by atoms with Crippen molar-refractivity contribution < 1.29 is 4.28 Å². The van der Waals surface area contributed by atoms with E-state index in [-0.39, 0.29) is 0 Å². The first-order chi connectivity index (χ1) is 2.77. The van der Waals surface area contributed by atoms with E-state index in [0.29, 0.717) is 0 Å². The molecule has 0 saturated heterocycles. The average molecular weight is 107 g/mol. The summed E-state index contributed by atoms with van der Waals surface area (Å²) in [5.74, 6) is 0. The summed E-state index contributed by atoms with van der Waals surface area (Å²) in [4.78, 5) is 0. The Labute approximate surface area is 42.6 Å². The molecule has 0 rings (SSSR count). The number of nitrogens with zero attached hydrogens (tertiary/aromatic N) is 1. The smallest absolute Gasteiger partial charge is 0.0135 e. The lowest BCUT2D eigenvalue weighted by Gasteiger charge is -2.03. The molecule has 0 bridgehead atoms. The maximum absolute atomic E-state index is 4.79. The van der Waals surface area contributed by atoms with Gasteiger partial charge >= 0.3 is 0 Å². The molecule has 0 aromatic rings. The Morgan fingerprint density at radius 1 is 1.50 bits per heavy atom. The zero-order valence-corrected chi connectivity index (χ0v) is 5.08. The van der Waals surface area contributed by atoms with Crippen molar-refractivity contribution in [1.82, 2.24) is 5.06 Å². The number of hydrogen-bond acceptors (Lipinski definition) is 3. The predicted octanol–water partition coefficient (Wildman–Crippen LogP) is 0.758. The van der Waals surface area contributed by atoms with Gasteiger partial charge in [-0.15, -0.1) is 0 Å². The van der Waals surface area contributed by atoms with Gasteiger partial charge in [0, 0.05) is 32.4 Å². The Morgan fingerprint density at radius 2 is 2.00 bits per heavy atom. The third-order valence-corrected chi connectivity index (χ3v) is 0.671. The summed E-state index contributed by atoms with van der Waals surface area (Å²) >= 11 is 1.34. The fourth-order valence-corrected chi connectivity index (χ4v) is 0.447. The Morgan fingerprint density at radius 3 is 2.00 bits per heavy atom. The molecule has 0 radical (unpaired) electrons. The van der Waals surface area contributed by atoms with Crippen molar-refractivity contribution in [1.29, 1.82) is 0 Å². The van der Waals surface area contributed by atoms with E-state index in [2.05, 4.69) is 0 Å². The van der Waals surface area contributed by atoms with E-state index in [1.807, 2.05) is 20.4 Å². The quantitative estimate of drug-likeness (QED) is 0.382. The summed E-state index contributed by atoms with van der Waals surface area (Å²) in [6, 6.07) is 0. The minimum absolute atomic E-state index is 1.34. The molecule has 0 heterocycles. The third-order valence-electron chi connectivity index (χ3n) is 0.224. The molecule has 0 aliphatic heterocycles. The van der Waals surface area contributed by atoms with Crippen LogP contribution in [0.4, 0.5) is 0 Å². The lowest BCUT2D eigenvalue weighted by atomic mass is 11.2. The molecule has 0 atom stereocenters. The van der Waals surface area contributed by atoms with Crippen molar-refractivity contribution in [3.05, 3.63) is 0 Å². The highest BCUT2D eigenvalue weighted by Gasteiger charge is 1.79. The molecule has 0 amide bonds. The van der Waals surface area contributed by atoms with Crippen LogP contribution >= 0.6 is 12.0 Å². The monoisotopic (exact) mass is 107 g/mol. The van der Waals surface area contributed by atoms with Crippen LogP contribution in [0.15, 0.2) is 0 Å². The molecular weight excluding hydrogens is 98.1 g/mol. The topological polar surface area (TPSA) is 12.5 Å². The molecule has 0 spiro atoms. The van der Waals surface area contributed by atoms with Crippen molar-refractivity contribution in [2.75, 3.05) is 20.4 Å². The molecule has 38 valence electrons. The van der Waals surface area contributed by atoms with Gasteiger partial charge in [0.2, 0.25) is 0 Å². The fraction of sp³-hybridized carbons (Fsp3) is 1.00. The second-order valence-electron chi connectivity index (χ2n) is 1.05. The summed E-state index contributed by atoms with van der Waals surface area (Å²) in [6.07, 6.45) is 1.88. The number of rotatable bonds is 2. The van der Waals surface area contributed by atoms with Gasteiger partial charge in [-0.05, 0) is 0 Å². The first kappa shape index (κ1) is 6.27. The Kier molecular flexibility index (Phi) is 3.62. The van der Waals surface area contributed by atoms with Gasteiger partial charge in [0.25, 0.3) is 0 Å². The second-order valence-corrected chi connectivity index (χ2v) is 1.54. The van der Waals surface area contributed by atoms with E-state index in [1.165, 1.54) is 12.0 Å². The van der Waals surface area contributed by atoms with Crippen LogP contribution in [0.5, 0.6) is 0 Å². The number of hydroxylamine groups is 2. The van der Waals surface area contributed by atoms with Gasteiger partial charge in [-0.3, -0.25) is 0 Å². The standard InChI is InChI=1S/C3H9NOS/c1-4(2)5-6-3/h1-3H3. The van der Waals surface area contributed by atoms with Crippen molar-refractivity contribution in [2.24, 2.45) is 0 Å². The maximum atomic E-state index is 4.79. The first-order valence-electron chi connectivity index (χ1n) is 1.65.